The second kappa shape index (κ2) is 5.40. The lowest BCUT2D eigenvalue weighted by Crippen LogP contribution is -1.91. The Bertz CT molecular complexity index is 941. The first-order valence-electron chi connectivity index (χ1n) is 6.04. The summed E-state index contributed by atoms with van der Waals surface area (Å²) in [5.74, 6) is 0. The summed E-state index contributed by atoms with van der Waals surface area (Å²) in [6.45, 7) is 0. The van der Waals surface area contributed by atoms with Crippen molar-refractivity contribution < 1.29 is 8.42 Å². The van der Waals surface area contributed by atoms with E-state index in [4.69, 9.17) is 10.7 Å². The van der Waals surface area contributed by atoms with E-state index in [0.29, 0.717) is 0 Å². The first kappa shape index (κ1) is 14.5. The Morgan fingerprint density at radius 3 is 2.52 bits per heavy atom. The van der Waals surface area contributed by atoms with Gasteiger partial charge < -0.3 is 0 Å². The average molecular weight is 383 g/mol. The van der Waals surface area contributed by atoms with Crippen molar-refractivity contribution in [2.24, 2.45) is 0 Å². The predicted molar refractivity (Wildman–Crippen MR) is 87.9 cm³/mol. The third-order valence-corrected chi connectivity index (χ3v) is 5.16. The van der Waals surface area contributed by atoms with Gasteiger partial charge in [0.05, 0.1) is 10.4 Å². The van der Waals surface area contributed by atoms with Crippen molar-refractivity contribution in [2.75, 3.05) is 0 Å². The molecule has 106 valence electrons. The SMILES string of the molecule is O=S(=O)(Cl)c1ccc2ncc(-c3ccccc3Br)cc2c1. The van der Waals surface area contributed by atoms with Crippen molar-refractivity contribution in [1.29, 1.82) is 0 Å². The summed E-state index contributed by atoms with van der Waals surface area (Å²) in [4.78, 5) is 4.44. The van der Waals surface area contributed by atoms with Crippen molar-refractivity contribution in [3.8, 4) is 11.1 Å². The van der Waals surface area contributed by atoms with E-state index >= 15 is 0 Å². The van der Waals surface area contributed by atoms with Crippen LogP contribution in [0.4, 0.5) is 0 Å². The van der Waals surface area contributed by atoms with E-state index in [1.54, 1.807) is 12.3 Å². The van der Waals surface area contributed by atoms with Crippen LogP contribution in [0.15, 0.2) is 64.1 Å². The van der Waals surface area contributed by atoms with Crippen LogP contribution < -0.4 is 0 Å². The predicted octanol–water partition coefficient (Wildman–Crippen LogP) is 4.59. The molecule has 0 atom stereocenters. The van der Waals surface area contributed by atoms with Gasteiger partial charge in [-0.05, 0) is 35.9 Å². The summed E-state index contributed by atoms with van der Waals surface area (Å²) in [5.41, 5.74) is 2.61. The first-order valence-corrected chi connectivity index (χ1v) is 9.15. The fraction of sp³-hybridized carbons (Fsp3) is 0. The van der Waals surface area contributed by atoms with Crippen LogP contribution >= 0.6 is 26.6 Å². The standard InChI is InChI=1S/C15H9BrClNO2S/c16-14-4-2-1-3-13(14)11-7-10-8-12(21(17,19)20)5-6-15(10)18-9-11/h1-9H. The monoisotopic (exact) mass is 381 g/mol. The second-order valence-corrected chi connectivity index (χ2v) is 7.92. The Morgan fingerprint density at radius 1 is 1.05 bits per heavy atom. The van der Waals surface area contributed by atoms with Crippen molar-refractivity contribution >= 4 is 46.6 Å². The molecule has 0 aliphatic rings. The van der Waals surface area contributed by atoms with E-state index in [1.807, 2.05) is 30.3 Å². The summed E-state index contributed by atoms with van der Waals surface area (Å²) in [5, 5.41) is 0.727. The largest absolute Gasteiger partial charge is 0.261 e. The highest BCUT2D eigenvalue weighted by atomic mass is 79.9. The van der Waals surface area contributed by atoms with Crippen LogP contribution in [0.2, 0.25) is 0 Å². The molecule has 0 spiro atoms. The number of halogens is 2. The highest BCUT2D eigenvalue weighted by Gasteiger charge is 2.11. The van der Waals surface area contributed by atoms with Crippen LogP contribution in [0.1, 0.15) is 0 Å². The molecule has 2 aromatic carbocycles. The molecule has 0 fully saturated rings. The number of pyridine rings is 1. The van der Waals surface area contributed by atoms with E-state index in [0.717, 1.165) is 26.5 Å². The Kier molecular flexibility index (Phi) is 3.73. The molecular formula is C15H9BrClNO2S. The van der Waals surface area contributed by atoms with Gasteiger partial charge in [-0.15, -0.1) is 0 Å². The van der Waals surface area contributed by atoms with Gasteiger partial charge >= 0.3 is 0 Å². The topological polar surface area (TPSA) is 47.0 Å². The summed E-state index contributed by atoms with van der Waals surface area (Å²) in [7, 11) is 1.64. The van der Waals surface area contributed by atoms with Crippen molar-refractivity contribution in [2.45, 2.75) is 4.90 Å². The third kappa shape index (κ3) is 2.95. The molecule has 0 aliphatic carbocycles. The van der Waals surface area contributed by atoms with E-state index in [1.165, 1.54) is 12.1 Å². The van der Waals surface area contributed by atoms with Gasteiger partial charge in [0.15, 0.2) is 0 Å². The zero-order valence-corrected chi connectivity index (χ0v) is 13.8. The third-order valence-electron chi connectivity index (χ3n) is 3.12. The second-order valence-electron chi connectivity index (χ2n) is 4.50. The Hall–Kier alpha value is -1.43. The van der Waals surface area contributed by atoms with Gasteiger partial charge in [-0.25, -0.2) is 8.42 Å². The van der Waals surface area contributed by atoms with Crippen LogP contribution in [0.25, 0.3) is 22.0 Å². The number of rotatable bonds is 2. The highest BCUT2D eigenvalue weighted by molar-refractivity contribution is 9.10. The minimum atomic E-state index is -3.74. The molecule has 3 nitrogen and oxygen atoms in total. The molecule has 6 heteroatoms. The number of aromatic nitrogens is 1. The molecule has 3 aromatic rings. The molecule has 21 heavy (non-hydrogen) atoms. The molecule has 1 heterocycles. The van der Waals surface area contributed by atoms with E-state index in [-0.39, 0.29) is 4.90 Å². The number of fused-ring (bicyclic) bond motifs is 1. The number of hydrogen-bond acceptors (Lipinski definition) is 3. The van der Waals surface area contributed by atoms with Gasteiger partial charge in [-0.2, -0.15) is 0 Å². The minimum Gasteiger partial charge on any atom is -0.256 e. The first-order chi connectivity index (χ1) is 9.95. The highest BCUT2D eigenvalue weighted by Crippen LogP contribution is 2.30. The van der Waals surface area contributed by atoms with Gasteiger partial charge in [-0.3, -0.25) is 4.98 Å². The maximum absolute atomic E-state index is 11.4. The summed E-state index contributed by atoms with van der Waals surface area (Å²) in [6, 6.07) is 14.3. The molecule has 0 saturated carbocycles. The zero-order valence-electron chi connectivity index (χ0n) is 10.6. The molecule has 0 amide bonds. The fourth-order valence-corrected chi connectivity index (χ4v) is 3.40. The van der Waals surface area contributed by atoms with Crippen molar-refractivity contribution in [1.82, 2.24) is 4.98 Å². The van der Waals surface area contributed by atoms with Crippen molar-refractivity contribution in [3.05, 3.63) is 59.2 Å². The molecule has 0 radical (unpaired) electrons. The van der Waals surface area contributed by atoms with Crippen LogP contribution in [-0.2, 0) is 9.05 Å². The quantitative estimate of drug-likeness (QED) is 0.609. The minimum absolute atomic E-state index is 0.0720. The summed E-state index contributed by atoms with van der Waals surface area (Å²) >= 11 is 3.50. The van der Waals surface area contributed by atoms with E-state index in [2.05, 4.69) is 20.9 Å². The normalized spacial score (nSPS) is 11.7. The Morgan fingerprint density at radius 2 is 1.81 bits per heavy atom. The lowest BCUT2D eigenvalue weighted by Gasteiger charge is -2.06. The summed E-state index contributed by atoms with van der Waals surface area (Å²) < 4.78 is 23.8. The van der Waals surface area contributed by atoms with Gasteiger partial charge in [-0.1, -0.05) is 34.1 Å². The van der Waals surface area contributed by atoms with Gasteiger partial charge in [0.25, 0.3) is 9.05 Å². The Balaban J connectivity index is 2.22. The lowest BCUT2D eigenvalue weighted by atomic mass is 10.1. The van der Waals surface area contributed by atoms with Crippen LogP contribution in [0.3, 0.4) is 0 Å². The van der Waals surface area contributed by atoms with Crippen molar-refractivity contribution in [3.63, 3.8) is 0 Å². The van der Waals surface area contributed by atoms with Gasteiger partial charge in [0, 0.05) is 32.3 Å². The Labute approximate surface area is 135 Å². The van der Waals surface area contributed by atoms with Crippen LogP contribution in [0, 0.1) is 0 Å². The number of hydrogen-bond donors (Lipinski definition) is 0. The molecule has 0 unspecified atom stereocenters. The summed E-state index contributed by atoms with van der Waals surface area (Å²) in [6.07, 6.45) is 1.76. The molecule has 0 saturated heterocycles. The fourth-order valence-electron chi connectivity index (χ4n) is 2.10. The smallest absolute Gasteiger partial charge is 0.256 e. The number of benzene rings is 2. The molecule has 1 aromatic heterocycles. The van der Waals surface area contributed by atoms with E-state index in [9.17, 15) is 8.42 Å². The number of nitrogens with zero attached hydrogens (tertiary/aromatic N) is 1. The van der Waals surface area contributed by atoms with E-state index < -0.39 is 9.05 Å². The molecule has 3 rings (SSSR count). The average Bonchev–Trinajstić information content (AvgIpc) is 2.45. The molecule has 0 aliphatic heterocycles. The van der Waals surface area contributed by atoms with Gasteiger partial charge in [0.2, 0.25) is 0 Å². The maximum atomic E-state index is 11.4. The van der Waals surface area contributed by atoms with Crippen LogP contribution in [0.5, 0.6) is 0 Å². The van der Waals surface area contributed by atoms with Gasteiger partial charge in [0.1, 0.15) is 0 Å². The molecule has 0 bridgehead atoms. The molecule has 0 N–H and O–H groups in total. The van der Waals surface area contributed by atoms with Crippen LogP contribution in [-0.4, -0.2) is 13.4 Å². The lowest BCUT2D eigenvalue weighted by molar-refractivity contribution is 0.609. The molecular weight excluding hydrogens is 374 g/mol. The zero-order chi connectivity index (χ0) is 15.0. The maximum Gasteiger partial charge on any atom is 0.261 e.